The SMILES string of the molecule is CC.CC.CCOC(=O)C1CC(C)CC(C)O1. The van der Waals surface area contributed by atoms with E-state index < -0.39 is 0 Å². The fraction of sp³-hybridized carbons (Fsp3) is 0.929. The second kappa shape index (κ2) is 11.9. The van der Waals surface area contributed by atoms with Crippen LogP contribution in [0.5, 0.6) is 0 Å². The first-order chi connectivity index (χ1) is 8.13. The summed E-state index contributed by atoms with van der Waals surface area (Å²) in [5.41, 5.74) is 0. The van der Waals surface area contributed by atoms with E-state index in [1.807, 2.05) is 41.5 Å². The lowest BCUT2D eigenvalue weighted by Gasteiger charge is -2.30. The van der Waals surface area contributed by atoms with Crippen LogP contribution >= 0.6 is 0 Å². The van der Waals surface area contributed by atoms with Crippen molar-refractivity contribution in [3.05, 3.63) is 0 Å². The van der Waals surface area contributed by atoms with Gasteiger partial charge in [-0.05, 0) is 32.6 Å². The summed E-state index contributed by atoms with van der Waals surface area (Å²) in [7, 11) is 0. The maximum atomic E-state index is 11.3. The summed E-state index contributed by atoms with van der Waals surface area (Å²) in [5, 5.41) is 0. The van der Waals surface area contributed by atoms with E-state index in [1.165, 1.54) is 0 Å². The normalized spacial score (nSPS) is 26.9. The lowest BCUT2D eigenvalue weighted by Crippen LogP contribution is -2.36. The van der Waals surface area contributed by atoms with Crippen LogP contribution in [0.25, 0.3) is 0 Å². The Morgan fingerprint density at radius 2 is 1.71 bits per heavy atom. The summed E-state index contributed by atoms with van der Waals surface area (Å²) in [6.07, 6.45) is 1.68. The van der Waals surface area contributed by atoms with E-state index in [9.17, 15) is 4.79 Å². The maximum Gasteiger partial charge on any atom is 0.335 e. The van der Waals surface area contributed by atoms with Gasteiger partial charge in [0.1, 0.15) is 0 Å². The third-order valence-corrected chi connectivity index (χ3v) is 2.30. The Labute approximate surface area is 107 Å². The van der Waals surface area contributed by atoms with Crippen molar-refractivity contribution in [2.45, 2.75) is 73.5 Å². The second-order valence-electron chi connectivity index (χ2n) is 3.76. The summed E-state index contributed by atoms with van der Waals surface area (Å²) in [5.74, 6) is 0.346. The van der Waals surface area contributed by atoms with E-state index in [1.54, 1.807) is 0 Å². The van der Waals surface area contributed by atoms with Crippen molar-refractivity contribution in [3.63, 3.8) is 0 Å². The van der Waals surface area contributed by atoms with Gasteiger partial charge in [-0.2, -0.15) is 0 Å². The molecule has 17 heavy (non-hydrogen) atoms. The number of esters is 1. The summed E-state index contributed by atoms with van der Waals surface area (Å²) >= 11 is 0. The molecule has 1 saturated heterocycles. The highest BCUT2D eigenvalue weighted by Crippen LogP contribution is 2.24. The Bertz CT molecular complexity index is 170. The molecule has 0 spiro atoms. The highest BCUT2D eigenvalue weighted by Gasteiger charge is 2.30. The highest BCUT2D eigenvalue weighted by atomic mass is 16.6. The standard InChI is InChI=1S/C10H18O3.2C2H6/c1-4-12-10(11)9-6-7(2)5-8(3)13-9;2*1-2/h7-9H,4-6H2,1-3H3;2*1-2H3. The minimum absolute atomic E-state index is 0.179. The summed E-state index contributed by atoms with van der Waals surface area (Å²) in [4.78, 5) is 11.3. The average Bonchev–Trinajstić information content (AvgIpc) is 2.33. The molecule has 0 radical (unpaired) electrons. The number of carbonyl (C=O) groups is 1. The van der Waals surface area contributed by atoms with Gasteiger partial charge >= 0.3 is 5.97 Å². The molecule has 1 aliphatic heterocycles. The average molecular weight is 246 g/mol. The van der Waals surface area contributed by atoms with E-state index in [4.69, 9.17) is 9.47 Å². The van der Waals surface area contributed by atoms with Gasteiger partial charge in [-0.1, -0.05) is 34.6 Å². The third kappa shape index (κ3) is 8.19. The minimum atomic E-state index is -0.335. The predicted molar refractivity (Wildman–Crippen MR) is 72.1 cm³/mol. The van der Waals surface area contributed by atoms with E-state index in [0.29, 0.717) is 12.5 Å². The van der Waals surface area contributed by atoms with E-state index in [-0.39, 0.29) is 18.2 Å². The summed E-state index contributed by atoms with van der Waals surface area (Å²) in [6.45, 7) is 14.4. The monoisotopic (exact) mass is 246 g/mol. The zero-order valence-corrected chi connectivity index (χ0v) is 12.6. The van der Waals surface area contributed by atoms with Gasteiger partial charge in [-0.15, -0.1) is 0 Å². The Hall–Kier alpha value is -0.570. The molecule has 0 saturated carbocycles. The van der Waals surface area contributed by atoms with Crippen molar-refractivity contribution in [1.29, 1.82) is 0 Å². The Morgan fingerprint density at radius 3 is 2.12 bits per heavy atom. The van der Waals surface area contributed by atoms with Crippen LogP contribution in [-0.2, 0) is 14.3 Å². The van der Waals surface area contributed by atoms with Crippen LogP contribution in [0.4, 0.5) is 0 Å². The molecule has 1 fully saturated rings. The summed E-state index contributed by atoms with van der Waals surface area (Å²) in [6, 6.07) is 0. The van der Waals surface area contributed by atoms with Gasteiger partial charge in [-0.3, -0.25) is 0 Å². The van der Waals surface area contributed by atoms with E-state index >= 15 is 0 Å². The van der Waals surface area contributed by atoms with Crippen LogP contribution in [0.2, 0.25) is 0 Å². The molecule has 104 valence electrons. The number of carbonyl (C=O) groups excluding carboxylic acids is 1. The first-order valence-corrected chi connectivity index (χ1v) is 6.95. The Kier molecular flexibility index (Phi) is 13.2. The Balaban J connectivity index is 0. The molecular formula is C14H30O3. The Morgan fingerprint density at radius 1 is 1.18 bits per heavy atom. The second-order valence-corrected chi connectivity index (χ2v) is 3.76. The lowest BCUT2D eigenvalue weighted by atomic mass is 9.94. The zero-order valence-electron chi connectivity index (χ0n) is 12.6. The van der Waals surface area contributed by atoms with E-state index in [2.05, 4.69) is 6.92 Å². The predicted octanol–water partition coefficient (Wildman–Crippen LogP) is 3.81. The van der Waals surface area contributed by atoms with Crippen molar-refractivity contribution in [2.75, 3.05) is 6.61 Å². The van der Waals surface area contributed by atoms with Crippen molar-refractivity contribution in [2.24, 2.45) is 5.92 Å². The molecule has 0 aromatic heterocycles. The first kappa shape index (κ1) is 18.8. The zero-order chi connectivity index (χ0) is 13.8. The molecule has 0 aromatic carbocycles. The molecule has 0 N–H and O–H groups in total. The molecule has 0 aliphatic carbocycles. The van der Waals surface area contributed by atoms with Gasteiger partial charge in [0.05, 0.1) is 12.7 Å². The van der Waals surface area contributed by atoms with Crippen molar-refractivity contribution >= 4 is 5.97 Å². The molecule has 1 rings (SSSR count). The van der Waals surface area contributed by atoms with Crippen LogP contribution in [0.1, 0.15) is 61.3 Å². The van der Waals surface area contributed by atoms with Crippen LogP contribution in [0.15, 0.2) is 0 Å². The third-order valence-electron chi connectivity index (χ3n) is 2.30. The molecule has 0 amide bonds. The van der Waals surface area contributed by atoms with Gasteiger partial charge in [0.15, 0.2) is 6.10 Å². The van der Waals surface area contributed by atoms with E-state index in [0.717, 1.165) is 12.8 Å². The number of rotatable bonds is 2. The molecule has 1 aliphatic rings. The first-order valence-electron chi connectivity index (χ1n) is 6.95. The lowest BCUT2D eigenvalue weighted by molar-refractivity contribution is -0.166. The highest BCUT2D eigenvalue weighted by molar-refractivity contribution is 5.74. The minimum Gasteiger partial charge on any atom is -0.464 e. The largest absolute Gasteiger partial charge is 0.464 e. The fourth-order valence-electron chi connectivity index (χ4n) is 1.81. The van der Waals surface area contributed by atoms with Gasteiger partial charge in [-0.25, -0.2) is 4.79 Å². The van der Waals surface area contributed by atoms with Crippen molar-refractivity contribution in [3.8, 4) is 0 Å². The van der Waals surface area contributed by atoms with Gasteiger partial charge in [0.2, 0.25) is 0 Å². The fourth-order valence-corrected chi connectivity index (χ4v) is 1.81. The molecule has 3 atom stereocenters. The van der Waals surface area contributed by atoms with Gasteiger partial charge in [0, 0.05) is 0 Å². The maximum absolute atomic E-state index is 11.3. The van der Waals surface area contributed by atoms with Crippen molar-refractivity contribution in [1.82, 2.24) is 0 Å². The van der Waals surface area contributed by atoms with Crippen LogP contribution in [-0.4, -0.2) is 24.8 Å². The molecule has 3 nitrogen and oxygen atoms in total. The van der Waals surface area contributed by atoms with Crippen LogP contribution < -0.4 is 0 Å². The van der Waals surface area contributed by atoms with Gasteiger partial charge in [0.25, 0.3) is 0 Å². The topological polar surface area (TPSA) is 35.5 Å². The smallest absolute Gasteiger partial charge is 0.335 e. The molecule has 3 unspecified atom stereocenters. The van der Waals surface area contributed by atoms with Gasteiger partial charge < -0.3 is 9.47 Å². The number of hydrogen-bond acceptors (Lipinski definition) is 3. The van der Waals surface area contributed by atoms with Crippen LogP contribution in [0, 0.1) is 5.92 Å². The molecule has 0 bridgehead atoms. The quantitative estimate of drug-likeness (QED) is 0.695. The molecule has 3 heteroatoms. The van der Waals surface area contributed by atoms with Crippen molar-refractivity contribution < 1.29 is 14.3 Å². The summed E-state index contributed by atoms with van der Waals surface area (Å²) < 4.78 is 10.4. The molecule has 1 heterocycles. The number of hydrogen-bond donors (Lipinski definition) is 0. The number of ether oxygens (including phenoxy) is 2. The van der Waals surface area contributed by atoms with Crippen LogP contribution in [0.3, 0.4) is 0 Å². The molecule has 0 aromatic rings. The molecular weight excluding hydrogens is 216 g/mol.